The topological polar surface area (TPSA) is 99.5 Å². The van der Waals surface area contributed by atoms with Gasteiger partial charge >= 0.3 is 11.9 Å². The molecular weight excluding hydrogens is 436 g/mol. The van der Waals surface area contributed by atoms with Crippen LogP contribution in [0.3, 0.4) is 0 Å². The van der Waals surface area contributed by atoms with Crippen LogP contribution in [0, 0.1) is 0 Å². The molecule has 5 rings (SSSR count). The fourth-order valence-corrected chi connectivity index (χ4v) is 4.74. The summed E-state index contributed by atoms with van der Waals surface area (Å²) in [5, 5.41) is 15.6. The van der Waals surface area contributed by atoms with Crippen molar-refractivity contribution < 1.29 is 29.3 Å². The largest absolute Gasteiger partial charge is 0.478 e. The Labute approximate surface area is 199 Å². The van der Waals surface area contributed by atoms with Gasteiger partial charge in [0.1, 0.15) is 0 Å². The van der Waals surface area contributed by atoms with E-state index in [0.29, 0.717) is 18.9 Å². The number of carbonyl (C=O) groups is 2. The number of carboxylic acid groups (broad SMARTS) is 2. The number of rotatable bonds is 6. The van der Waals surface area contributed by atoms with Gasteiger partial charge in [-0.25, -0.2) is 9.59 Å². The van der Waals surface area contributed by atoms with Gasteiger partial charge in [0, 0.05) is 50.1 Å². The molecule has 8 heteroatoms. The maximum atomic E-state index is 9.55. The van der Waals surface area contributed by atoms with Crippen molar-refractivity contribution >= 4 is 17.6 Å². The summed E-state index contributed by atoms with van der Waals surface area (Å²) in [5.41, 5.74) is 4.43. The molecule has 0 spiro atoms. The molecule has 2 aromatic carbocycles. The number of anilines is 1. The first kappa shape index (κ1) is 23.6. The molecule has 2 N–H and O–H groups in total. The normalized spacial score (nSPS) is 18.9. The van der Waals surface area contributed by atoms with Gasteiger partial charge in [0.05, 0.1) is 0 Å². The van der Waals surface area contributed by atoms with Crippen LogP contribution in [0.5, 0.6) is 11.5 Å². The van der Waals surface area contributed by atoms with E-state index in [1.165, 1.54) is 31.5 Å². The van der Waals surface area contributed by atoms with Crippen molar-refractivity contribution in [1.29, 1.82) is 0 Å². The van der Waals surface area contributed by atoms with Gasteiger partial charge in [-0.1, -0.05) is 24.3 Å². The fourth-order valence-electron chi connectivity index (χ4n) is 4.74. The molecule has 0 amide bonds. The Bertz CT molecular complexity index is 1030. The summed E-state index contributed by atoms with van der Waals surface area (Å²) in [6.45, 7) is 6.01. The second kappa shape index (κ2) is 11.1. The molecule has 1 atom stereocenters. The van der Waals surface area contributed by atoms with Gasteiger partial charge < -0.3 is 24.6 Å². The lowest BCUT2D eigenvalue weighted by molar-refractivity contribution is -0.134. The average Bonchev–Trinajstić information content (AvgIpc) is 3.49. The van der Waals surface area contributed by atoms with Crippen molar-refractivity contribution in [2.45, 2.75) is 25.2 Å². The van der Waals surface area contributed by atoms with Gasteiger partial charge in [0.15, 0.2) is 11.5 Å². The zero-order chi connectivity index (χ0) is 23.9. The minimum atomic E-state index is -1.26. The van der Waals surface area contributed by atoms with Gasteiger partial charge in [0.2, 0.25) is 6.79 Å². The van der Waals surface area contributed by atoms with Gasteiger partial charge in [0.25, 0.3) is 0 Å². The lowest BCUT2D eigenvalue weighted by Crippen LogP contribution is -2.46. The Balaban J connectivity index is 0.000000297. The molecule has 8 nitrogen and oxygen atoms in total. The highest BCUT2D eigenvalue weighted by atomic mass is 16.7. The summed E-state index contributed by atoms with van der Waals surface area (Å²) < 4.78 is 10.9. The predicted molar refractivity (Wildman–Crippen MR) is 128 cm³/mol. The first-order valence-corrected chi connectivity index (χ1v) is 11.6. The standard InChI is InChI=1S/C22H26N2O2.C4H4O4/c1-2-4-20-17(3-1)5-6-18(20)9-10-23-11-13-24(14-12-23)19-7-8-21-22(15-19)26-16-25-21;5-3(6)1-2-4(7)8/h1-4,7-8,15,18H,5-6,9-14,16H2;1-2H,(H,5,6)(H,7,8)/b;2-1+. The van der Waals surface area contributed by atoms with Crippen LogP contribution in [-0.4, -0.2) is 66.6 Å². The molecule has 180 valence electrons. The van der Waals surface area contributed by atoms with Crippen molar-refractivity contribution in [2.75, 3.05) is 44.4 Å². The number of hydrogen-bond acceptors (Lipinski definition) is 6. The van der Waals surface area contributed by atoms with Crippen LogP contribution in [-0.2, 0) is 16.0 Å². The highest BCUT2D eigenvalue weighted by Crippen LogP contribution is 2.37. The zero-order valence-corrected chi connectivity index (χ0v) is 19.1. The van der Waals surface area contributed by atoms with Crippen molar-refractivity contribution in [3.05, 3.63) is 65.7 Å². The lowest BCUT2D eigenvalue weighted by atomic mass is 9.97. The van der Waals surface area contributed by atoms with E-state index in [-0.39, 0.29) is 0 Å². The van der Waals surface area contributed by atoms with E-state index in [1.54, 1.807) is 11.1 Å². The van der Waals surface area contributed by atoms with Crippen LogP contribution in [0.25, 0.3) is 0 Å². The van der Waals surface area contributed by atoms with Gasteiger partial charge in [-0.05, 0) is 55.0 Å². The first-order valence-electron chi connectivity index (χ1n) is 11.6. The minimum Gasteiger partial charge on any atom is -0.478 e. The monoisotopic (exact) mass is 466 g/mol. The van der Waals surface area contributed by atoms with E-state index in [9.17, 15) is 9.59 Å². The third kappa shape index (κ3) is 6.08. The number of carboxylic acids is 2. The average molecular weight is 467 g/mol. The molecule has 0 radical (unpaired) electrons. The predicted octanol–water partition coefficient (Wildman–Crippen LogP) is 3.37. The molecule has 0 aromatic heterocycles. The summed E-state index contributed by atoms with van der Waals surface area (Å²) in [5.74, 6) is -0.00746. The molecule has 1 aliphatic carbocycles. The van der Waals surface area contributed by atoms with E-state index >= 15 is 0 Å². The van der Waals surface area contributed by atoms with Crippen LogP contribution < -0.4 is 14.4 Å². The van der Waals surface area contributed by atoms with E-state index < -0.39 is 11.9 Å². The number of ether oxygens (including phenoxy) is 2. The highest BCUT2D eigenvalue weighted by Gasteiger charge is 2.24. The Kier molecular flexibility index (Phi) is 7.69. The first-order chi connectivity index (χ1) is 16.5. The second-order valence-corrected chi connectivity index (χ2v) is 8.60. The molecule has 34 heavy (non-hydrogen) atoms. The third-order valence-corrected chi connectivity index (χ3v) is 6.51. The van der Waals surface area contributed by atoms with Crippen LogP contribution in [0.4, 0.5) is 5.69 Å². The fraction of sp³-hybridized carbons (Fsp3) is 0.385. The number of nitrogens with zero attached hydrogens (tertiary/aromatic N) is 2. The molecule has 1 unspecified atom stereocenters. The second-order valence-electron chi connectivity index (χ2n) is 8.60. The van der Waals surface area contributed by atoms with E-state index in [1.807, 2.05) is 6.07 Å². The maximum absolute atomic E-state index is 9.55. The SMILES string of the molecule is O=C(O)/C=C/C(=O)O.c1ccc2c(c1)CCC2CCN1CCN(c2ccc3c(c2)OCO3)CC1. The minimum absolute atomic E-state index is 0.344. The summed E-state index contributed by atoms with van der Waals surface area (Å²) >= 11 is 0. The maximum Gasteiger partial charge on any atom is 0.328 e. The van der Waals surface area contributed by atoms with E-state index in [0.717, 1.165) is 43.6 Å². The van der Waals surface area contributed by atoms with Crippen molar-refractivity contribution in [2.24, 2.45) is 0 Å². The molecule has 2 aromatic rings. The molecule has 0 bridgehead atoms. The van der Waals surface area contributed by atoms with Crippen molar-refractivity contribution in [3.8, 4) is 11.5 Å². The number of benzene rings is 2. The van der Waals surface area contributed by atoms with Crippen LogP contribution in [0.15, 0.2) is 54.6 Å². The van der Waals surface area contributed by atoms with Crippen LogP contribution in [0.2, 0.25) is 0 Å². The summed E-state index contributed by atoms with van der Waals surface area (Å²) in [7, 11) is 0. The summed E-state index contributed by atoms with van der Waals surface area (Å²) in [6, 6.07) is 15.3. The molecule has 3 aliphatic rings. The molecule has 2 aliphatic heterocycles. The number of piperazine rings is 1. The lowest BCUT2D eigenvalue weighted by Gasteiger charge is -2.36. The van der Waals surface area contributed by atoms with E-state index in [2.05, 4.69) is 46.2 Å². The summed E-state index contributed by atoms with van der Waals surface area (Å²) in [4.78, 5) is 24.2. The molecule has 1 saturated heterocycles. The molecular formula is C26H30N2O6. The van der Waals surface area contributed by atoms with Crippen molar-refractivity contribution in [3.63, 3.8) is 0 Å². The number of hydrogen-bond donors (Lipinski definition) is 2. The van der Waals surface area contributed by atoms with E-state index in [4.69, 9.17) is 19.7 Å². The third-order valence-electron chi connectivity index (χ3n) is 6.51. The summed E-state index contributed by atoms with van der Waals surface area (Å²) in [6.07, 6.45) is 5.00. The molecule has 0 saturated carbocycles. The Hall–Kier alpha value is -3.52. The Morgan fingerprint density at radius 3 is 2.38 bits per heavy atom. The quantitative estimate of drug-likeness (QED) is 0.626. The highest BCUT2D eigenvalue weighted by molar-refractivity contribution is 5.89. The molecule has 1 fully saturated rings. The zero-order valence-electron chi connectivity index (χ0n) is 19.1. The number of fused-ring (bicyclic) bond motifs is 2. The number of aryl methyl sites for hydroxylation is 1. The van der Waals surface area contributed by atoms with Crippen molar-refractivity contribution in [1.82, 2.24) is 4.90 Å². The number of aliphatic carboxylic acids is 2. The molecule has 2 heterocycles. The van der Waals surface area contributed by atoms with Crippen LogP contribution in [0.1, 0.15) is 29.9 Å². The van der Waals surface area contributed by atoms with Gasteiger partial charge in [-0.3, -0.25) is 4.90 Å². The van der Waals surface area contributed by atoms with Gasteiger partial charge in [-0.2, -0.15) is 0 Å². The smallest absolute Gasteiger partial charge is 0.328 e. The van der Waals surface area contributed by atoms with Crippen LogP contribution >= 0.6 is 0 Å². The Morgan fingerprint density at radius 2 is 1.65 bits per heavy atom. The Morgan fingerprint density at radius 1 is 0.941 bits per heavy atom. The van der Waals surface area contributed by atoms with Gasteiger partial charge in [-0.15, -0.1) is 0 Å².